The van der Waals surface area contributed by atoms with Crippen LogP contribution in [-0.2, 0) is 21.4 Å². The summed E-state index contributed by atoms with van der Waals surface area (Å²) in [4.78, 5) is 49.0. The van der Waals surface area contributed by atoms with Gasteiger partial charge >= 0.3 is 11.8 Å². The number of imidazole rings is 1. The second-order valence-electron chi connectivity index (χ2n) is 9.98. The molecular formula is C26H33FN4O6. The van der Waals surface area contributed by atoms with E-state index in [4.69, 9.17) is 9.84 Å². The van der Waals surface area contributed by atoms with Crippen molar-refractivity contribution in [1.82, 2.24) is 19.4 Å². The first-order valence-electron chi connectivity index (χ1n) is 12.2. The molecule has 11 heteroatoms. The third kappa shape index (κ3) is 6.77. The molecule has 2 atom stereocenters. The van der Waals surface area contributed by atoms with Gasteiger partial charge < -0.3 is 14.7 Å². The smallest absolute Gasteiger partial charge is 0.410 e. The summed E-state index contributed by atoms with van der Waals surface area (Å²) >= 11 is 0. The number of hydrogen-bond donors (Lipinski definition) is 2. The number of amides is 3. The zero-order valence-corrected chi connectivity index (χ0v) is 21.5. The van der Waals surface area contributed by atoms with Gasteiger partial charge in [0.05, 0.1) is 23.1 Å². The summed E-state index contributed by atoms with van der Waals surface area (Å²) < 4.78 is 21.0. The molecule has 0 aliphatic carbocycles. The Hall–Kier alpha value is -3.65. The normalized spacial score (nSPS) is 19.9. The van der Waals surface area contributed by atoms with E-state index in [1.54, 1.807) is 25.2 Å². The highest BCUT2D eigenvalue weighted by Gasteiger charge is 2.31. The number of carbonyl (C=O) groups is 3. The molecule has 2 aromatic rings. The first kappa shape index (κ1) is 27.9. The van der Waals surface area contributed by atoms with Crippen LogP contribution in [-0.4, -0.2) is 68.5 Å². The van der Waals surface area contributed by atoms with E-state index in [0.29, 0.717) is 29.6 Å². The number of hydrogen-bond acceptors (Lipinski definition) is 6. The molecule has 2 aliphatic heterocycles. The summed E-state index contributed by atoms with van der Waals surface area (Å²) in [5, 5.41) is 11.1. The molecule has 0 spiro atoms. The number of para-hydroxylation sites is 1. The number of aryl methyl sites for hydroxylation is 1. The molecule has 4 rings (SSSR count). The molecule has 0 radical (unpaired) electrons. The number of ether oxygens (including phenoxy) is 1. The number of likely N-dealkylation sites (tertiary alicyclic amines) is 1. The van der Waals surface area contributed by atoms with Crippen LogP contribution in [0.1, 0.15) is 58.1 Å². The summed E-state index contributed by atoms with van der Waals surface area (Å²) in [6.45, 7) is 5.92. The lowest BCUT2D eigenvalue weighted by atomic mass is 10.1. The fraction of sp³-hybridized carbons (Fsp3) is 0.538. The van der Waals surface area contributed by atoms with Crippen molar-refractivity contribution in [3.8, 4) is 11.8 Å². The fourth-order valence-electron chi connectivity index (χ4n) is 4.32. The molecule has 3 amide bonds. The number of aromatic nitrogens is 2. The van der Waals surface area contributed by atoms with Gasteiger partial charge in [0, 0.05) is 20.0 Å². The number of fused-ring (bicyclic) bond motifs is 1. The van der Waals surface area contributed by atoms with E-state index in [0.717, 1.165) is 6.42 Å². The second kappa shape index (κ2) is 11.6. The van der Waals surface area contributed by atoms with Crippen LogP contribution in [0.2, 0.25) is 0 Å². The molecular weight excluding hydrogens is 483 g/mol. The van der Waals surface area contributed by atoms with E-state index in [1.165, 1.54) is 14.0 Å². The molecule has 0 saturated carbocycles. The topological polar surface area (TPSA) is 123 Å². The van der Waals surface area contributed by atoms with E-state index in [2.05, 4.69) is 17.2 Å². The molecule has 2 N–H and O–H groups in total. The molecule has 1 aromatic carbocycles. The first-order valence-corrected chi connectivity index (χ1v) is 12.2. The molecule has 2 unspecified atom stereocenters. The van der Waals surface area contributed by atoms with Crippen LogP contribution < -0.4 is 11.0 Å². The Morgan fingerprint density at radius 3 is 2.59 bits per heavy atom. The van der Waals surface area contributed by atoms with Gasteiger partial charge in [-0.05, 0) is 52.2 Å². The van der Waals surface area contributed by atoms with Crippen molar-refractivity contribution in [3.05, 3.63) is 34.2 Å². The molecule has 10 nitrogen and oxygen atoms in total. The average Bonchev–Trinajstić information content (AvgIpc) is 3.08. The summed E-state index contributed by atoms with van der Waals surface area (Å²) in [5.74, 6) is 4.58. The van der Waals surface area contributed by atoms with Crippen LogP contribution >= 0.6 is 0 Å². The largest absolute Gasteiger partial charge is 0.444 e. The lowest BCUT2D eigenvalue weighted by molar-refractivity contribution is -0.135. The molecule has 2 saturated heterocycles. The molecule has 200 valence electrons. The first-order chi connectivity index (χ1) is 17.4. The van der Waals surface area contributed by atoms with Crippen molar-refractivity contribution in [2.24, 2.45) is 7.05 Å². The zero-order chi connectivity index (χ0) is 27.3. The molecule has 1 aromatic heterocycles. The van der Waals surface area contributed by atoms with Crippen LogP contribution in [0.5, 0.6) is 0 Å². The predicted molar refractivity (Wildman–Crippen MR) is 135 cm³/mol. The van der Waals surface area contributed by atoms with Crippen LogP contribution in [0.15, 0.2) is 23.0 Å². The lowest BCUT2D eigenvalue weighted by Gasteiger charge is -2.31. The number of halogens is 1. The minimum absolute atomic E-state index is 0.176. The van der Waals surface area contributed by atoms with E-state index in [-0.39, 0.29) is 37.6 Å². The zero-order valence-electron chi connectivity index (χ0n) is 21.5. The van der Waals surface area contributed by atoms with Crippen molar-refractivity contribution in [1.29, 1.82) is 0 Å². The standard InChI is InChI=1S/C16H15N3O4.C10H18FNO2/c1-18-14-10(5-3-9-20)4-2-6-11(14)19(16(18)23)12-7-8-13(21)17-15(12)22;1-10(2,3)14-9(13)12-6-4-5-8(11)7-12/h2,4,6,12,20H,7-9H2,1H3,(H,17,21,22);8H,4-7H2,1-3H3. The molecule has 37 heavy (non-hydrogen) atoms. The summed E-state index contributed by atoms with van der Waals surface area (Å²) in [7, 11) is 1.61. The van der Waals surface area contributed by atoms with Crippen molar-refractivity contribution in [3.63, 3.8) is 0 Å². The highest BCUT2D eigenvalue weighted by atomic mass is 19.1. The number of aliphatic hydroxyl groups excluding tert-OH is 1. The number of aliphatic hydroxyl groups is 1. The summed E-state index contributed by atoms with van der Waals surface area (Å²) in [5.41, 5.74) is 0.940. The van der Waals surface area contributed by atoms with E-state index >= 15 is 0 Å². The maximum Gasteiger partial charge on any atom is 0.410 e. The minimum atomic E-state index is -0.892. The van der Waals surface area contributed by atoms with Gasteiger partial charge in [0.25, 0.3) is 0 Å². The monoisotopic (exact) mass is 516 g/mol. The Kier molecular flexibility index (Phi) is 8.76. The Bertz CT molecular complexity index is 1300. The average molecular weight is 517 g/mol. The number of alkyl halides is 1. The number of carbonyl (C=O) groups excluding carboxylic acids is 3. The number of imide groups is 1. The van der Waals surface area contributed by atoms with Crippen LogP contribution in [0, 0.1) is 11.8 Å². The number of rotatable bonds is 1. The predicted octanol–water partition coefficient (Wildman–Crippen LogP) is 2.02. The van der Waals surface area contributed by atoms with Gasteiger partial charge in [0.1, 0.15) is 24.4 Å². The quantitative estimate of drug-likeness (QED) is 0.442. The van der Waals surface area contributed by atoms with E-state index < -0.39 is 29.8 Å². The van der Waals surface area contributed by atoms with Crippen LogP contribution in [0.4, 0.5) is 9.18 Å². The van der Waals surface area contributed by atoms with Gasteiger partial charge in [-0.2, -0.15) is 0 Å². The Labute approximate surface area is 214 Å². The van der Waals surface area contributed by atoms with Crippen molar-refractivity contribution in [2.45, 2.75) is 64.3 Å². The van der Waals surface area contributed by atoms with E-state index in [9.17, 15) is 23.6 Å². The Morgan fingerprint density at radius 2 is 1.97 bits per heavy atom. The highest BCUT2D eigenvalue weighted by Crippen LogP contribution is 2.24. The van der Waals surface area contributed by atoms with Gasteiger partial charge in [0.2, 0.25) is 11.8 Å². The lowest BCUT2D eigenvalue weighted by Crippen LogP contribution is -2.44. The van der Waals surface area contributed by atoms with Crippen molar-refractivity contribution >= 4 is 28.9 Å². The van der Waals surface area contributed by atoms with Crippen LogP contribution in [0.25, 0.3) is 11.0 Å². The fourth-order valence-corrected chi connectivity index (χ4v) is 4.32. The molecule has 2 aliphatic rings. The van der Waals surface area contributed by atoms with Gasteiger partial charge in [-0.3, -0.25) is 24.0 Å². The SMILES string of the molecule is CC(C)(C)OC(=O)N1CCCC(F)C1.Cn1c(=O)n(C2CCC(=O)NC2=O)c2cccc(C#CCO)c21. The molecule has 3 heterocycles. The van der Waals surface area contributed by atoms with Crippen molar-refractivity contribution in [2.75, 3.05) is 19.7 Å². The maximum atomic E-state index is 13.0. The van der Waals surface area contributed by atoms with Gasteiger partial charge in [-0.1, -0.05) is 17.9 Å². The Morgan fingerprint density at radius 1 is 1.24 bits per heavy atom. The van der Waals surface area contributed by atoms with E-state index in [1.807, 2.05) is 20.8 Å². The van der Waals surface area contributed by atoms with Crippen molar-refractivity contribution < 1.29 is 28.6 Å². The number of piperidine rings is 2. The third-order valence-electron chi connectivity index (χ3n) is 5.94. The minimum Gasteiger partial charge on any atom is -0.444 e. The summed E-state index contributed by atoms with van der Waals surface area (Å²) in [6, 6.07) is 4.51. The summed E-state index contributed by atoms with van der Waals surface area (Å²) in [6.07, 6.45) is 0.468. The number of benzene rings is 1. The van der Waals surface area contributed by atoms with Gasteiger partial charge in [0.15, 0.2) is 0 Å². The van der Waals surface area contributed by atoms with Crippen LogP contribution in [0.3, 0.4) is 0 Å². The second-order valence-corrected chi connectivity index (χ2v) is 9.98. The Balaban J connectivity index is 0.000000233. The maximum absolute atomic E-state index is 13.0. The third-order valence-corrected chi connectivity index (χ3v) is 5.94. The number of nitrogens with one attached hydrogen (secondary N) is 1. The molecule has 0 bridgehead atoms. The van der Waals surface area contributed by atoms with Gasteiger partial charge in [-0.25, -0.2) is 14.0 Å². The van der Waals surface area contributed by atoms with Gasteiger partial charge in [-0.15, -0.1) is 0 Å². The molecule has 2 fully saturated rings. The highest BCUT2D eigenvalue weighted by molar-refractivity contribution is 6.00. The number of nitrogens with zero attached hydrogens (tertiary/aromatic N) is 3.